The first kappa shape index (κ1) is 15.2. The highest BCUT2D eigenvalue weighted by atomic mass is 16.3. The van der Waals surface area contributed by atoms with Gasteiger partial charge in [-0.2, -0.15) is 0 Å². The van der Waals surface area contributed by atoms with Crippen molar-refractivity contribution in [2.24, 2.45) is 0 Å². The summed E-state index contributed by atoms with van der Waals surface area (Å²) in [5.41, 5.74) is 0.778. The van der Waals surface area contributed by atoms with E-state index in [1.165, 1.54) is 6.42 Å². The van der Waals surface area contributed by atoms with Gasteiger partial charge in [0.15, 0.2) is 5.78 Å². The van der Waals surface area contributed by atoms with E-state index in [-0.39, 0.29) is 24.5 Å². The molecule has 1 aliphatic rings. The lowest BCUT2D eigenvalue weighted by Gasteiger charge is -2.34. The molecule has 1 aromatic carbocycles. The molecule has 1 heterocycles. The fourth-order valence-electron chi connectivity index (χ4n) is 3.17. The number of hydrogen-bond acceptors (Lipinski definition) is 3. The molecule has 1 fully saturated rings. The summed E-state index contributed by atoms with van der Waals surface area (Å²) >= 11 is 0. The lowest BCUT2D eigenvalue weighted by molar-refractivity contribution is 0.0602. The summed E-state index contributed by atoms with van der Waals surface area (Å²) in [4.78, 5) is 15.0. The Bertz CT molecular complexity index is 418. The van der Waals surface area contributed by atoms with E-state index in [4.69, 9.17) is 0 Å². The van der Waals surface area contributed by atoms with E-state index >= 15 is 0 Å². The summed E-state index contributed by atoms with van der Waals surface area (Å²) in [6.07, 6.45) is 5.26. The van der Waals surface area contributed by atoms with E-state index in [1.807, 2.05) is 30.3 Å². The molecule has 0 aliphatic carbocycles. The number of aliphatic hydroxyl groups is 1. The first-order chi connectivity index (χ1) is 9.77. The summed E-state index contributed by atoms with van der Waals surface area (Å²) in [7, 11) is 0. The van der Waals surface area contributed by atoms with Gasteiger partial charge in [-0.1, -0.05) is 50.1 Å². The van der Waals surface area contributed by atoms with Gasteiger partial charge in [-0.15, -0.1) is 0 Å². The summed E-state index contributed by atoms with van der Waals surface area (Å²) in [6.45, 7) is 3.13. The molecule has 20 heavy (non-hydrogen) atoms. The molecule has 1 saturated heterocycles. The van der Waals surface area contributed by atoms with Gasteiger partial charge >= 0.3 is 0 Å². The fourth-order valence-corrected chi connectivity index (χ4v) is 3.17. The average Bonchev–Trinajstić information content (AvgIpc) is 2.74. The number of likely N-dealkylation sites (tertiary alicyclic amines) is 1. The Hall–Kier alpha value is -1.19. The van der Waals surface area contributed by atoms with Crippen molar-refractivity contribution in [1.29, 1.82) is 0 Å². The molecule has 0 amide bonds. The largest absolute Gasteiger partial charge is 0.395 e. The first-order valence-corrected chi connectivity index (χ1v) is 7.73. The molecule has 2 atom stereocenters. The number of carbonyl (C=O) groups excluding carboxylic acids is 1. The minimum absolute atomic E-state index is 0.104. The second-order valence-corrected chi connectivity index (χ2v) is 5.58. The Labute approximate surface area is 121 Å². The van der Waals surface area contributed by atoms with E-state index in [2.05, 4.69) is 11.8 Å². The van der Waals surface area contributed by atoms with E-state index in [9.17, 15) is 9.90 Å². The van der Waals surface area contributed by atoms with Gasteiger partial charge < -0.3 is 5.11 Å². The standard InChI is InChI=1S/C17H25NO2/c1-2-16(17(20)14-9-5-3-6-10-14)18-12-8-4-7-11-15(18)13-19/h3,5-6,9-10,15-16,19H,2,4,7-8,11-13H2,1H3. The zero-order valence-corrected chi connectivity index (χ0v) is 12.3. The van der Waals surface area contributed by atoms with E-state index < -0.39 is 0 Å². The number of hydrogen-bond donors (Lipinski definition) is 1. The van der Waals surface area contributed by atoms with Crippen LogP contribution in [0.5, 0.6) is 0 Å². The SMILES string of the molecule is CCC(C(=O)c1ccccc1)N1CCCCCC1CO. The monoisotopic (exact) mass is 275 g/mol. The van der Waals surface area contributed by atoms with Crippen LogP contribution in [0.15, 0.2) is 30.3 Å². The summed E-state index contributed by atoms with van der Waals surface area (Å²) in [5, 5.41) is 9.63. The number of rotatable bonds is 5. The van der Waals surface area contributed by atoms with Crippen LogP contribution in [0.3, 0.4) is 0 Å². The number of ketones is 1. The maximum absolute atomic E-state index is 12.7. The van der Waals surface area contributed by atoms with E-state index in [0.29, 0.717) is 0 Å². The topological polar surface area (TPSA) is 40.5 Å². The Morgan fingerprint density at radius 2 is 2.05 bits per heavy atom. The van der Waals surface area contributed by atoms with Gasteiger partial charge in [-0.25, -0.2) is 0 Å². The number of aliphatic hydroxyl groups excluding tert-OH is 1. The Morgan fingerprint density at radius 1 is 1.30 bits per heavy atom. The van der Waals surface area contributed by atoms with Crippen LogP contribution in [0.2, 0.25) is 0 Å². The number of Topliss-reactive ketones (excluding diaryl/α,β-unsaturated/α-hetero) is 1. The zero-order chi connectivity index (χ0) is 14.4. The third-order valence-electron chi connectivity index (χ3n) is 4.28. The van der Waals surface area contributed by atoms with Gasteiger partial charge in [-0.3, -0.25) is 9.69 Å². The maximum Gasteiger partial charge on any atom is 0.179 e. The van der Waals surface area contributed by atoms with Crippen LogP contribution < -0.4 is 0 Å². The normalized spacial score (nSPS) is 22.2. The minimum atomic E-state index is -0.104. The van der Waals surface area contributed by atoms with Crippen molar-refractivity contribution in [2.45, 2.75) is 51.1 Å². The van der Waals surface area contributed by atoms with Gasteiger partial charge in [0, 0.05) is 11.6 Å². The number of carbonyl (C=O) groups is 1. The van der Waals surface area contributed by atoms with Crippen LogP contribution in [0, 0.1) is 0 Å². The Morgan fingerprint density at radius 3 is 2.70 bits per heavy atom. The Balaban J connectivity index is 2.19. The summed E-state index contributed by atoms with van der Waals surface area (Å²) < 4.78 is 0. The van der Waals surface area contributed by atoms with Crippen molar-refractivity contribution < 1.29 is 9.90 Å². The van der Waals surface area contributed by atoms with Gasteiger partial charge in [-0.05, 0) is 25.8 Å². The van der Waals surface area contributed by atoms with E-state index in [0.717, 1.165) is 37.8 Å². The lowest BCUT2D eigenvalue weighted by atomic mass is 9.98. The second-order valence-electron chi connectivity index (χ2n) is 5.58. The van der Waals surface area contributed by atoms with Crippen LogP contribution in [0.4, 0.5) is 0 Å². The van der Waals surface area contributed by atoms with Crippen LogP contribution >= 0.6 is 0 Å². The van der Waals surface area contributed by atoms with Gasteiger partial charge in [0.05, 0.1) is 12.6 Å². The van der Waals surface area contributed by atoms with Crippen molar-refractivity contribution in [3.63, 3.8) is 0 Å². The molecule has 0 aromatic heterocycles. The predicted octanol–water partition coefficient (Wildman–Crippen LogP) is 2.88. The third-order valence-corrected chi connectivity index (χ3v) is 4.28. The first-order valence-electron chi connectivity index (χ1n) is 7.73. The zero-order valence-electron chi connectivity index (χ0n) is 12.3. The molecule has 3 nitrogen and oxygen atoms in total. The molecule has 1 N–H and O–H groups in total. The number of nitrogens with zero attached hydrogens (tertiary/aromatic N) is 1. The second kappa shape index (κ2) is 7.55. The number of benzene rings is 1. The fraction of sp³-hybridized carbons (Fsp3) is 0.588. The molecule has 0 radical (unpaired) electrons. The molecule has 3 heteroatoms. The molecule has 0 saturated carbocycles. The quantitative estimate of drug-likeness (QED) is 0.840. The molecule has 2 unspecified atom stereocenters. The van der Waals surface area contributed by atoms with Crippen LogP contribution in [0.25, 0.3) is 0 Å². The van der Waals surface area contributed by atoms with Crippen molar-refractivity contribution in [3.8, 4) is 0 Å². The van der Waals surface area contributed by atoms with Crippen molar-refractivity contribution in [2.75, 3.05) is 13.2 Å². The maximum atomic E-state index is 12.7. The van der Waals surface area contributed by atoms with Crippen LogP contribution in [0.1, 0.15) is 49.4 Å². The predicted molar refractivity (Wildman–Crippen MR) is 80.9 cm³/mol. The van der Waals surface area contributed by atoms with Crippen molar-refractivity contribution in [3.05, 3.63) is 35.9 Å². The molecule has 110 valence electrons. The van der Waals surface area contributed by atoms with E-state index in [1.54, 1.807) is 0 Å². The summed E-state index contributed by atoms with van der Waals surface area (Å²) in [5.74, 6) is 0.188. The molecule has 0 bridgehead atoms. The highest BCUT2D eigenvalue weighted by Gasteiger charge is 2.31. The molecule has 1 aromatic rings. The summed E-state index contributed by atoms with van der Waals surface area (Å²) in [6, 6.07) is 9.55. The van der Waals surface area contributed by atoms with Gasteiger partial charge in [0.1, 0.15) is 0 Å². The Kier molecular flexibility index (Phi) is 5.74. The lowest BCUT2D eigenvalue weighted by Crippen LogP contribution is -2.48. The average molecular weight is 275 g/mol. The minimum Gasteiger partial charge on any atom is -0.395 e. The van der Waals surface area contributed by atoms with Gasteiger partial charge in [0.25, 0.3) is 0 Å². The van der Waals surface area contributed by atoms with Crippen molar-refractivity contribution >= 4 is 5.78 Å². The van der Waals surface area contributed by atoms with Crippen LogP contribution in [-0.2, 0) is 0 Å². The van der Waals surface area contributed by atoms with Crippen LogP contribution in [-0.4, -0.2) is 41.0 Å². The molecular formula is C17H25NO2. The van der Waals surface area contributed by atoms with Gasteiger partial charge in [0.2, 0.25) is 0 Å². The highest BCUT2D eigenvalue weighted by molar-refractivity contribution is 6.00. The smallest absolute Gasteiger partial charge is 0.179 e. The molecule has 1 aliphatic heterocycles. The molecular weight excluding hydrogens is 250 g/mol. The molecule has 0 spiro atoms. The third kappa shape index (κ3) is 3.47. The van der Waals surface area contributed by atoms with Crippen molar-refractivity contribution in [1.82, 2.24) is 4.90 Å². The molecule has 2 rings (SSSR count). The highest BCUT2D eigenvalue weighted by Crippen LogP contribution is 2.22.